The summed E-state index contributed by atoms with van der Waals surface area (Å²) < 4.78 is 23.6. The zero-order valence-electron chi connectivity index (χ0n) is 10.4. The minimum absolute atomic E-state index is 0.162. The average molecular weight is 257 g/mol. The van der Waals surface area contributed by atoms with Gasteiger partial charge in [-0.15, -0.1) is 0 Å². The minimum atomic E-state index is -0.933. The number of nitro groups is 1. The second-order valence-electron chi connectivity index (χ2n) is 3.77. The summed E-state index contributed by atoms with van der Waals surface area (Å²) in [4.78, 5) is 9.84. The highest BCUT2D eigenvalue weighted by Crippen LogP contribution is 2.33. The average Bonchev–Trinajstić information content (AvgIpc) is 2.35. The Labute approximate surface area is 105 Å². The monoisotopic (exact) mass is 257 g/mol. The molecule has 0 amide bonds. The predicted octanol–water partition coefficient (Wildman–Crippen LogP) is 3.31. The molecule has 0 fully saturated rings. The van der Waals surface area contributed by atoms with Gasteiger partial charge in [-0.1, -0.05) is 19.8 Å². The Hall–Kier alpha value is -1.85. The summed E-state index contributed by atoms with van der Waals surface area (Å²) in [5, 5.41) is 10.6. The van der Waals surface area contributed by atoms with Crippen LogP contribution in [0.2, 0.25) is 0 Å². The Bertz CT molecular complexity index is 423. The third-order valence-corrected chi connectivity index (χ3v) is 2.44. The van der Waals surface area contributed by atoms with Crippen LogP contribution < -0.4 is 9.47 Å². The molecule has 1 rings (SSSR count). The third kappa shape index (κ3) is 3.58. The van der Waals surface area contributed by atoms with Crippen molar-refractivity contribution in [2.45, 2.75) is 26.2 Å². The van der Waals surface area contributed by atoms with Crippen LogP contribution in [0.15, 0.2) is 12.1 Å². The van der Waals surface area contributed by atoms with Crippen LogP contribution in [0.1, 0.15) is 26.2 Å². The quantitative estimate of drug-likeness (QED) is 0.427. The summed E-state index contributed by atoms with van der Waals surface area (Å²) in [7, 11) is 1.36. The van der Waals surface area contributed by atoms with Gasteiger partial charge in [-0.2, -0.15) is 4.39 Å². The summed E-state index contributed by atoms with van der Waals surface area (Å²) in [6, 6.07) is 2.02. The van der Waals surface area contributed by atoms with Gasteiger partial charge in [-0.25, -0.2) is 0 Å². The first-order chi connectivity index (χ1) is 8.60. The SMILES string of the molecule is CCCCCOc1cc([N+](=O)[O-])c(F)cc1OC. The van der Waals surface area contributed by atoms with E-state index in [1.165, 1.54) is 7.11 Å². The predicted molar refractivity (Wildman–Crippen MR) is 64.6 cm³/mol. The fraction of sp³-hybridized carbons (Fsp3) is 0.500. The van der Waals surface area contributed by atoms with Crippen molar-refractivity contribution in [2.75, 3.05) is 13.7 Å². The zero-order valence-corrected chi connectivity index (χ0v) is 10.4. The number of hydrogen-bond acceptors (Lipinski definition) is 4. The largest absolute Gasteiger partial charge is 0.493 e. The first-order valence-electron chi connectivity index (χ1n) is 5.74. The Morgan fingerprint density at radius 3 is 2.61 bits per heavy atom. The first kappa shape index (κ1) is 14.2. The molecule has 1 aromatic carbocycles. The zero-order chi connectivity index (χ0) is 13.5. The lowest BCUT2D eigenvalue weighted by atomic mass is 10.2. The molecule has 6 heteroatoms. The molecule has 0 aliphatic heterocycles. The highest BCUT2D eigenvalue weighted by Gasteiger charge is 2.19. The Morgan fingerprint density at radius 2 is 2.06 bits per heavy atom. The van der Waals surface area contributed by atoms with Gasteiger partial charge in [0.15, 0.2) is 11.5 Å². The normalized spacial score (nSPS) is 10.2. The van der Waals surface area contributed by atoms with Crippen LogP contribution in [-0.2, 0) is 0 Å². The lowest BCUT2D eigenvalue weighted by Crippen LogP contribution is -2.01. The molecule has 0 radical (unpaired) electrons. The maximum Gasteiger partial charge on any atom is 0.308 e. The van der Waals surface area contributed by atoms with Crippen LogP contribution in [0, 0.1) is 15.9 Å². The van der Waals surface area contributed by atoms with E-state index in [2.05, 4.69) is 6.92 Å². The van der Waals surface area contributed by atoms with Crippen molar-refractivity contribution in [1.82, 2.24) is 0 Å². The smallest absolute Gasteiger partial charge is 0.308 e. The van der Waals surface area contributed by atoms with Crippen LogP contribution in [0.4, 0.5) is 10.1 Å². The van der Waals surface area contributed by atoms with Crippen LogP contribution >= 0.6 is 0 Å². The molecule has 0 saturated carbocycles. The standard InChI is InChI=1S/C12H16FNO4/c1-3-4-5-6-18-12-8-10(14(15)16)9(13)7-11(12)17-2/h7-8H,3-6H2,1-2H3. The molecule has 0 aliphatic rings. The Morgan fingerprint density at radius 1 is 1.33 bits per heavy atom. The Kier molecular flexibility index (Phi) is 5.35. The van der Waals surface area contributed by atoms with Crippen molar-refractivity contribution in [3.05, 3.63) is 28.1 Å². The summed E-state index contributed by atoms with van der Waals surface area (Å²) >= 11 is 0. The summed E-state index contributed by atoms with van der Waals surface area (Å²) in [6.45, 7) is 2.48. The van der Waals surface area contributed by atoms with Crippen molar-refractivity contribution in [2.24, 2.45) is 0 Å². The molecule has 1 aromatic rings. The van der Waals surface area contributed by atoms with E-state index in [0.29, 0.717) is 6.61 Å². The molecule has 5 nitrogen and oxygen atoms in total. The summed E-state index contributed by atoms with van der Waals surface area (Å²) in [5.41, 5.74) is -0.610. The van der Waals surface area contributed by atoms with Crippen LogP contribution in [-0.4, -0.2) is 18.6 Å². The van der Waals surface area contributed by atoms with Crippen molar-refractivity contribution >= 4 is 5.69 Å². The molecule has 100 valence electrons. The van der Waals surface area contributed by atoms with E-state index in [-0.39, 0.29) is 11.5 Å². The van der Waals surface area contributed by atoms with Gasteiger partial charge in [0.25, 0.3) is 0 Å². The highest BCUT2D eigenvalue weighted by atomic mass is 19.1. The highest BCUT2D eigenvalue weighted by molar-refractivity contribution is 5.49. The number of halogens is 1. The topological polar surface area (TPSA) is 61.6 Å². The fourth-order valence-corrected chi connectivity index (χ4v) is 1.47. The van der Waals surface area contributed by atoms with Crippen molar-refractivity contribution in [3.63, 3.8) is 0 Å². The lowest BCUT2D eigenvalue weighted by molar-refractivity contribution is -0.387. The van der Waals surface area contributed by atoms with E-state index >= 15 is 0 Å². The van der Waals surface area contributed by atoms with E-state index in [4.69, 9.17) is 9.47 Å². The van der Waals surface area contributed by atoms with E-state index in [9.17, 15) is 14.5 Å². The molecule has 0 aliphatic carbocycles. The van der Waals surface area contributed by atoms with Gasteiger partial charge in [0.05, 0.1) is 24.7 Å². The van der Waals surface area contributed by atoms with E-state index in [0.717, 1.165) is 31.4 Å². The maximum atomic E-state index is 13.3. The Balaban J connectivity index is 2.86. The van der Waals surface area contributed by atoms with Gasteiger partial charge in [0.2, 0.25) is 5.82 Å². The third-order valence-electron chi connectivity index (χ3n) is 2.44. The number of hydrogen-bond donors (Lipinski definition) is 0. The van der Waals surface area contributed by atoms with Gasteiger partial charge < -0.3 is 9.47 Å². The molecular weight excluding hydrogens is 241 g/mol. The fourth-order valence-electron chi connectivity index (χ4n) is 1.47. The maximum absolute atomic E-state index is 13.3. The van der Waals surface area contributed by atoms with Gasteiger partial charge in [-0.05, 0) is 6.42 Å². The molecule has 0 N–H and O–H groups in total. The molecular formula is C12H16FNO4. The van der Waals surface area contributed by atoms with E-state index in [1.807, 2.05) is 0 Å². The molecule has 18 heavy (non-hydrogen) atoms. The first-order valence-corrected chi connectivity index (χ1v) is 5.74. The summed E-state index contributed by atoms with van der Waals surface area (Å²) in [6.07, 6.45) is 2.89. The molecule has 0 atom stereocenters. The number of nitro benzene ring substituents is 1. The number of benzene rings is 1. The van der Waals surface area contributed by atoms with Crippen molar-refractivity contribution in [1.29, 1.82) is 0 Å². The van der Waals surface area contributed by atoms with E-state index in [1.54, 1.807) is 0 Å². The van der Waals surface area contributed by atoms with Crippen molar-refractivity contribution < 1.29 is 18.8 Å². The minimum Gasteiger partial charge on any atom is -0.493 e. The molecule has 0 heterocycles. The van der Waals surface area contributed by atoms with Gasteiger partial charge in [0.1, 0.15) is 0 Å². The van der Waals surface area contributed by atoms with Gasteiger partial charge >= 0.3 is 5.69 Å². The number of nitrogens with zero attached hydrogens (tertiary/aromatic N) is 1. The van der Waals surface area contributed by atoms with E-state index < -0.39 is 16.4 Å². The molecule has 0 spiro atoms. The number of ether oxygens (including phenoxy) is 2. The van der Waals surface area contributed by atoms with Crippen molar-refractivity contribution in [3.8, 4) is 11.5 Å². The molecule has 0 saturated heterocycles. The van der Waals surface area contributed by atoms with Gasteiger partial charge in [-0.3, -0.25) is 10.1 Å². The van der Waals surface area contributed by atoms with Crippen LogP contribution in [0.5, 0.6) is 11.5 Å². The number of unbranched alkanes of at least 4 members (excludes halogenated alkanes) is 2. The lowest BCUT2D eigenvalue weighted by Gasteiger charge is -2.10. The molecule has 0 aromatic heterocycles. The van der Waals surface area contributed by atoms with Crippen LogP contribution in [0.25, 0.3) is 0 Å². The molecule has 0 bridgehead atoms. The second-order valence-corrected chi connectivity index (χ2v) is 3.77. The number of rotatable bonds is 7. The summed E-state index contributed by atoms with van der Waals surface area (Å²) in [5.74, 6) is -0.575. The molecule has 0 unspecified atom stereocenters. The van der Waals surface area contributed by atoms with Gasteiger partial charge in [0, 0.05) is 6.07 Å². The second kappa shape index (κ2) is 6.78. The number of methoxy groups -OCH3 is 1. The van der Waals surface area contributed by atoms with Crippen LogP contribution in [0.3, 0.4) is 0 Å².